The highest BCUT2D eigenvalue weighted by molar-refractivity contribution is 5.87. The predicted octanol–water partition coefficient (Wildman–Crippen LogP) is 5.03. The average Bonchev–Trinajstić information content (AvgIpc) is 3.74. The molecule has 4 N–H and O–H groups in total. The first-order chi connectivity index (χ1) is 29.9. The highest BCUT2D eigenvalue weighted by atomic mass is 19.4. The van der Waals surface area contributed by atoms with Crippen molar-refractivity contribution in [2.45, 2.75) is 63.8 Å². The zero-order chi connectivity index (χ0) is 45.5. The fourth-order valence-electron chi connectivity index (χ4n) is 6.99. The SMILES string of the molecule is COC(=O)N[C@H](C(=O)N[C@@H](Cc1ccc(C#Cc2ccc(N3CCN(C4COC4)CC3)nc2)cc1)[C@@H](O)CNCc1c(F)cc(-c2ccn(C(F)F)n2)cc1F)C(C)(C)C(F)(F)F. The molecule has 2 amide bonds. The Labute approximate surface area is 358 Å². The van der Waals surface area contributed by atoms with Crippen LogP contribution in [0.25, 0.3) is 11.3 Å². The summed E-state index contributed by atoms with van der Waals surface area (Å²) in [6, 6.07) is 10.4. The van der Waals surface area contributed by atoms with Crippen molar-refractivity contribution < 1.29 is 54.9 Å². The van der Waals surface area contributed by atoms with E-state index >= 15 is 8.78 Å². The van der Waals surface area contributed by atoms with Gasteiger partial charge in [-0.1, -0.05) is 24.0 Å². The van der Waals surface area contributed by atoms with Crippen LogP contribution in [-0.2, 0) is 27.2 Å². The number of methoxy groups -OCH3 is 1. The maximum atomic E-state index is 15.1. The molecule has 3 atom stereocenters. The van der Waals surface area contributed by atoms with Crippen molar-refractivity contribution in [1.82, 2.24) is 35.6 Å². The van der Waals surface area contributed by atoms with E-state index in [1.807, 2.05) is 17.4 Å². The van der Waals surface area contributed by atoms with E-state index < -0.39 is 78.6 Å². The number of aromatic nitrogens is 3. The maximum Gasteiger partial charge on any atom is 0.407 e. The molecule has 4 aromatic rings. The topological polar surface area (TPSA) is 146 Å². The summed E-state index contributed by atoms with van der Waals surface area (Å²) in [7, 11) is 0.916. The van der Waals surface area contributed by atoms with Crippen LogP contribution in [0.1, 0.15) is 42.7 Å². The number of anilines is 1. The van der Waals surface area contributed by atoms with Crippen LogP contribution >= 0.6 is 0 Å². The van der Waals surface area contributed by atoms with E-state index in [0.29, 0.717) is 27.4 Å². The number of alkyl carbamates (subject to hydrolysis) is 1. The molecule has 0 saturated carbocycles. The number of pyridine rings is 1. The number of nitrogens with zero attached hydrogens (tertiary/aromatic N) is 5. The van der Waals surface area contributed by atoms with Crippen molar-refractivity contribution in [3.05, 3.63) is 101 Å². The molecule has 0 spiro atoms. The second-order valence-corrected chi connectivity index (χ2v) is 15.7. The first kappa shape index (κ1) is 46.7. The first-order valence-corrected chi connectivity index (χ1v) is 20.0. The molecule has 0 aliphatic carbocycles. The number of aliphatic hydroxyl groups excluding tert-OH is 1. The average molecular weight is 889 g/mol. The Morgan fingerprint density at radius 2 is 1.60 bits per heavy atom. The fourth-order valence-corrected chi connectivity index (χ4v) is 6.99. The molecule has 2 aliphatic heterocycles. The van der Waals surface area contributed by atoms with Gasteiger partial charge in [-0.2, -0.15) is 27.1 Å². The summed E-state index contributed by atoms with van der Waals surface area (Å²) < 4.78 is 109. The molecule has 20 heteroatoms. The summed E-state index contributed by atoms with van der Waals surface area (Å²) in [5.74, 6) is 3.61. The van der Waals surface area contributed by atoms with E-state index in [4.69, 9.17) is 4.74 Å². The summed E-state index contributed by atoms with van der Waals surface area (Å²) >= 11 is 0. The third-order valence-corrected chi connectivity index (χ3v) is 11.1. The zero-order valence-corrected chi connectivity index (χ0v) is 34.6. The van der Waals surface area contributed by atoms with Crippen LogP contribution in [0.2, 0.25) is 0 Å². The second-order valence-electron chi connectivity index (χ2n) is 15.7. The third kappa shape index (κ3) is 11.6. The minimum absolute atomic E-state index is 0.0989. The molecule has 13 nitrogen and oxygen atoms in total. The fraction of sp³-hybridized carbons (Fsp3) is 0.442. The van der Waals surface area contributed by atoms with Gasteiger partial charge in [0.25, 0.3) is 0 Å². The smallest absolute Gasteiger partial charge is 0.407 e. The Kier molecular flexibility index (Phi) is 15.0. The number of ether oxygens (including phenoxy) is 2. The van der Waals surface area contributed by atoms with Gasteiger partial charge in [0.1, 0.15) is 23.5 Å². The summed E-state index contributed by atoms with van der Waals surface area (Å²) in [6.45, 7) is 2.70. The van der Waals surface area contributed by atoms with E-state index in [9.17, 15) is 36.6 Å². The number of nitrogens with one attached hydrogen (secondary N) is 3. The van der Waals surface area contributed by atoms with Gasteiger partial charge in [-0.25, -0.2) is 23.2 Å². The Balaban J connectivity index is 1.14. The number of hydrogen-bond donors (Lipinski definition) is 4. The van der Waals surface area contributed by atoms with E-state index in [2.05, 4.69) is 47.1 Å². The maximum absolute atomic E-state index is 15.1. The summed E-state index contributed by atoms with van der Waals surface area (Å²) in [4.78, 5) is 35.0. The predicted molar refractivity (Wildman–Crippen MR) is 216 cm³/mol. The monoisotopic (exact) mass is 888 g/mol. The van der Waals surface area contributed by atoms with Crippen molar-refractivity contribution in [2.75, 3.05) is 57.9 Å². The number of carbonyl (C=O) groups excluding carboxylic acids is 2. The largest absolute Gasteiger partial charge is 0.453 e. The van der Waals surface area contributed by atoms with Crippen molar-refractivity contribution in [3.63, 3.8) is 0 Å². The van der Waals surface area contributed by atoms with Crippen LogP contribution in [-0.4, -0.2) is 120 Å². The molecule has 338 valence electrons. The number of amides is 2. The van der Waals surface area contributed by atoms with Gasteiger partial charge in [0.05, 0.1) is 49.6 Å². The molecule has 2 aliphatic rings. The minimum atomic E-state index is -4.98. The highest BCUT2D eigenvalue weighted by Crippen LogP contribution is 2.40. The van der Waals surface area contributed by atoms with Gasteiger partial charge < -0.3 is 35.4 Å². The summed E-state index contributed by atoms with van der Waals surface area (Å²) in [6.07, 6.45) is -5.34. The first-order valence-electron chi connectivity index (χ1n) is 20.0. The lowest BCUT2D eigenvalue weighted by molar-refractivity contribution is -0.220. The molecule has 0 bridgehead atoms. The molecule has 2 saturated heterocycles. The molecular formula is C43H47F7N8O5. The van der Waals surface area contributed by atoms with Gasteiger partial charge in [-0.3, -0.25) is 9.69 Å². The van der Waals surface area contributed by atoms with Gasteiger partial charge in [0.15, 0.2) is 0 Å². The van der Waals surface area contributed by atoms with Crippen LogP contribution in [0.5, 0.6) is 0 Å². The quantitative estimate of drug-likeness (QED) is 0.0948. The van der Waals surface area contributed by atoms with E-state index in [1.54, 1.807) is 30.5 Å². The third-order valence-electron chi connectivity index (χ3n) is 11.1. The molecule has 0 unspecified atom stereocenters. The lowest BCUT2D eigenvalue weighted by Crippen LogP contribution is -2.62. The molecule has 4 heterocycles. The summed E-state index contributed by atoms with van der Waals surface area (Å²) in [5.41, 5.74) is -1.67. The molecule has 2 fully saturated rings. The van der Waals surface area contributed by atoms with E-state index in [0.717, 1.165) is 90.6 Å². The number of benzene rings is 2. The number of carbonyl (C=O) groups is 2. The van der Waals surface area contributed by atoms with E-state index in [-0.39, 0.29) is 17.7 Å². The van der Waals surface area contributed by atoms with Gasteiger partial charge in [0, 0.05) is 73.9 Å². The van der Waals surface area contributed by atoms with Crippen molar-refractivity contribution in [3.8, 4) is 23.1 Å². The number of hydrogen-bond acceptors (Lipinski definition) is 10. The number of piperazine rings is 1. The molecule has 0 radical (unpaired) electrons. The molecule has 63 heavy (non-hydrogen) atoms. The van der Waals surface area contributed by atoms with Crippen molar-refractivity contribution in [1.29, 1.82) is 0 Å². The molecular weight excluding hydrogens is 842 g/mol. The van der Waals surface area contributed by atoms with E-state index in [1.165, 1.54) is 0 Å². The molecule has 2 aromatic heterocycles. The lowest BCUT2D eigenvalue weighted by Gasteiger charge is -2.42. The van der Waals surface area contributed by atoms with Crippen LogP contribution in [0.4, 0.5) is 41.3 Å². The number of aliphatic hydroxyl groups is 1. The van der Waals surface area contributed by atoms with Gasteiger partial charge in [-0.15, -0.1) is 0 Å². The Hall–Kier alpha value is -5.75. The van der Waals surface area contributed by atoms with Crippen LogP contribution in [0.15, 0.2) is 67.0 Å². The Bertz CT molecular complexity index is 2230. The van der Waals surface area contributed by atoms with Crippen LogP contribution in [0.3, 0.4) is 0 Å². The number of halogens is 7. The Morgan fingerprint density at radius 1 is 0.952 bits per heavy atom. The number of rotatable bonds is 15. The Morgan fingerprint density at radius 3 is 2.16 bits per heavy atom. The molecule has 6 rings (SSSR count). The van der Waals surface area contributed by atoms with Crippen LogP contribution in [0, 0.1) is 28.9 Å². The normalized spacial score (nSPS) is 16.4. The van der Waals surface area contributed by atoms with Crippen LogP contribution < -0.4 is 20.9 Å². The second kappa shape index (κ2) is 20.2. The standard InChI is InChI=1S/C43H47F7N8O5/c1-42(2,43(48,49)50)38(54-41(61)62-3)39(60)53-35(36(59)23-51-22-31-32(44)19-29(20-33(31)45)34-12-13-58(55-34)40(46)47)18-27-7-4-26(5-8-27)6-9-28-10-11-37(52-21-28)57-16-14-56(15-17-57)30-24-63-25-30/h4-5,7-8,10-13,19-21,30,35-36,38,40,51,59H,14-18,22-25H2,1-3H3,(H,53,60)(H,54,61)/t35-,36-,38+/m0/s1. The minimum Gasteiger partial charge on any atom is -0.453 e. The van der Waals surface area contributed by atoms with Crippen molar-refractivity contribution in [2.24, 2.45) is 5.41 Å². The zero-order valence-electron chi connectivity index (χ0n) is 34.6. The van der Waals surface area contributed by atoms with Gasteiger partial charge in [-0.05, 0) is 68.3 Å². The summed E-state index contributed by atoms with van der Waals surface area (Å²) in [5, 5.41) is 22.0. The lowest BCUT2D eigenvalue weighted by atomic mass is 9.82. The number of alkyl halides is 5. The highest BCUT2D eigenvalue weighted by Gasteiger charge is 2.56. The van der Waals surface area contributed by atoms with Gasteiger partial charge >= 0.3 is 18.8 Å². The van der Waals surface area contributed by atoms with Crippen molar-refractivity contribution >= 4 is 17.8 Å². The molecule has 2 aromatic carbocycles. The van der Waals surface area contributed by atoms with Gasteiger partial charge in [0.2, 0.25) is 5.91 Å².